The van der Waals surface area contributed by atoms with Crippen LogP contribution in [-0.4, -0.2) is 76.3 Å². The number of hydrogen-bond donors (Lipinski definition) is 3. The quantitative estimate of drug-likeness (QED) is 0.381. The van der Waals surface area contributed by atoms with Crippen molar-refractivity contribution in [3.63, 3.8) is 0 Å². The molecular weight excluding hydrogens is 524 g/mol. The van der Waals surface area contributed by atoms with Crippen molar-refractivity contribution in [1.29, 1.82) is 0 Å². The van der Waals surface area contributed by atoms with Crippen molar-refractivity contribution in [1.82, 2.24) is 30.5 Å². The van der Waals surface area contributed by atoms with Crippen molar-refractivity contribution in [2.45, 2.75) is 46.6 Å². The van der Waals surface area contributed by atoms with Crippen LogP contribution in [0.2, 0.25) is 0 Å². The van der Waals surface area contributed by atoms with Crippen molar-refractivity contribution in [2.24, 2.45) is 4.99 Å². The number of ether oxygens (including phenoxy) is 2. The van der Waals surface area contributed by atoms with Crippen molar-refractivity contribution in [3.05, 3.63) is 57.8 Å². The Morgan fingerprint density at radius 3 is 2.59 bits per heavy atom. The zero-order valence-electron chi connectivity index (χ0n) is 24.1. The van der Waals surface area contributed by atoms with E-state index in [4.69, 9.17) is 20.2 Å². The number of aromatic amines is 1. The van der Waals surface area contributed by atoms with Crippen molar-refractivity contribution < 1.29 is 19.1 Å². The SMILES string of the molecule is CCOc1cc2c(cc1OC)C1CC(=Nc3c(C)cc(C)cc3C)N(CCNC(=O)c3n[nH]nc3N)C(=O)N1CC2. The minimum atomic E-state index is -0.466. The summed E-state index contributed by atoms with van der Waals surface area (Å²) in [6, 6.07) is 7.83. The van der Waals surface area contributed by atoms with E-state index in [0.29, 0.717) is 43.3 Å². The highest BCUT2D eigenvalue weighted by Crippen LogP contribution is 2.42. The van der Waals surface area contributed by atoms with Crippen LogP contribution in [0, 0.1) is 20.8 Å². The molecule has 1 fully saturated rings. The second-order valence-electron chi connectivity index (χ2n) is 10.3. The van der Waals surface area contributed by atoms with Crippen molar-refractivity contribution >= 4 is 29.3 Å². The first kappa shape index (κ1) is 27.9. The van der Waals surface area contributed by atoms with E-state index in [1.807, 2.05) is 37.8 Å². The summed E-state index contributed by atoms with van der Waals surface area (Å²) >= 11 is 0. The number of carbonyl (C=O) groups is 2. The molecule has 0 radical (unpaired) electrons. The summed E-state index contributed by atoms with van der Waals surface area (Å²) in [5.41, 5.74) is 12.0. The number of nitrogens with one attached hydrogen (secondary N) is 2. The number of amidine groups is 1. The lowest BCUT2D eigenvalue weighted by atomic mass is 9.88. The van der Waals surface area contributed by atoms with E-state index < -0.39 is 5.91 Å². The monoisotopic (exact) mass is 560 g/mol. The third-order valence-corrected chi connectivity index (χ3v) is 7.53. The number of anilines is 1. The number of hydrogen-bond acceptors (Lipinski definition) is 8. The molecule has 1 atom stereocenters. The van der Waals surface area contributed by atoms with Gasteiger partial charge in [-0.2, -0.15) is 5.21 Å². The molecular formula is C29H36N8O4. The molecule has 0 bridgehead atoms. The Labute approximate surface area is 238 Å². The van der Waals surface area contributed by atoms with Gasteiger partial charge in [0.15, 0.2) is 23.0 Å². The molecule has 12 nitrogen and oxygen atoms in total. The predicted molar refractivity (Wildman–Crippen MR) is 155 cm³/mol. The summed E-state index contributed by atoms with van der Waals surface area (Å²) in [5.74, 6) is 1.53. The van der Waals surface area contributed by atoms with Crippen LogP contribution in [-0.2, 0) is 6.42 Å². The smallest absolute Gasteiger partial charge is 0.326 e. The number of nitrogen functional groups attached to an aromatic ring is 1. The summed E-state index contributed by atoms with van der Waals surface area (Å²) < 4.78 is 11.5. The van der Waals surface area contributed by atoms with E-state index in [2.05, 4.69) is 39.8 Å². The molecule has 1 saturated heterocycles. The summed E-state index contributed by atoms with van der Waals surface area (Å²) in [7, 11) is 1.62. The average Bonchev–Trinajstić information content (AvgIpc) is 3.37. The van der Waals surface area contributed by atoms with E-state index in [9.17, 15) is 9.59 Å². The van der Waals surface area contributed by atoms with Gasteiger partial charge in [0, 0.05) is 26.1 Å². The van der Waals surface area contributed by atoms with Gasteiger partial charge in [-0.1, -0.05) is 17.7 Å². The standard InChI is InChI=1S/C29H36N8O4/c1-6-41-23-13-19-7-9-36-21(20(19)14-22(23)40-5)15-24(32-25-17(3)11-16(2)12-18(25)4)37(29(36)39)10-8-31-28(38)26-27(30)34-35-33-26/h11-14,21H,6-10,15H2,1-5H3,(H,31,38)(H3,30,33,34,35). The first-order valence-electron chi connectivity index (χ1n) is 13.7. The molecule has 1 aromatic heterocycles. The van der Waals surface area contributed by atoms with E-state index in [1.54, 1.807) is 12.0 Å². The number of rotatable bonds is 8. The van der Waals surface area contributed by atoms with Gasteiger partial charge >= 0.3 is 6.03 Å². The maximum atomic E-state index is 14.0. The molecule has 0 aliphatic carbocycles. The Morgan fingerprint density at radius 1 is 1.17 bits per heavy atom. The molecule has 2 aliphatic rings. The number of amides is 3. The Kier molecular flexibility index (Phi) is 7.82. The van der Waals surface area contributed by atoms with Gasteiger partial charge < -0.3 is 25.4 Å². The van der Waals surface area contributed by atoms with Gasteiger partial charge in [0.1, 0.15) is 5.84 Å². The highest BCUT2D eigenvalue weighted by Gasteiger charge is 2.41. The van der Waals surface area contributed by atoms with E-state index in [1.165, 1.54) is 0 Å². The maximum absolute atomic E-state index is 14.0. The number of nitrogens with two attached hydrogens (primary N) is 1. The van der Waals surface area contributed by atoms with Crippen LogP contribution in [0.5, 0.6) is 11.5 Å². The number of aryl methyl sites for hydroxylation is 3. The van der Waals surface area contributed by atoms with Gasteiger partial charge in [-0.05, 0) is 68.5 Å². The number of aromatic nitrogens is 3. The third kappa shape index (κ3) is 5.41. The number of urea groups is 1. The lowest BCUT2D eigenvalue weighted by molar-refractivity contribution is 0.0942. The Bertz CT molecular complexity index is 1490. The number of nitrogens with zero attached hydrogens (tertiary/aromatic N) is 5. The molecule has 0 spiro atoms. The first-order valence-corrected chi connectivity index (χ1v) is 13.7. The van der Waals surface area contributed by atoms with Gasteiger partial charge in [0.05, 0.1) is 25.4 Å². The lowest BCUT2D eigenvalue weighted by Crippen LogP contribution is -2.56. The van der Waals surface area contributed by atoms with Crippen LogP contribution < -0.4 is 20.5 Å². The van der Waals surface area contributed by atoms with E-state index >= 15 is 0 Å². The molecule has 1 unspecified atom stereocenters. The Hall–Kier alpha value is -4.61. The molecule has 0 saturated carbocycles. The molecule has 3 amide bonds. The predicted octanol–water partition coefficient (Wildman–Crippen LogP) is 3.60. The van der Waals surface area contributed by atoms with Crippen LogP contribution in [0.15, 0.2) is 29.3 Å². The van der Waals surface area contributed by atoms with Crippen LogP contribution in [0.4, 0.5) is 16.3 Å². The second kappa shape index (κ2) is 11.5. The fourth-order valence-corrected chi connectivity index (χ4v) is 5.71. The lowest BCUT2D eigenvalue weighted by Gasteiger charge is -2.45. The maximum Gasteiger partial charge on any atom is 0.326 e. The normalized spacial score (nSPS) is 17.3. The van der Waals surface area contributed by atoms with Crippen LogP contribution in [0.3, 0.4) is 0 Å². The zero-order valence-corrected chi connectivity index (χ0v) is 24.1. The minimum absolute atomic E-state index is 0.0156. The minimum Gasteiger partial charge on any atom is -0.493 e. The number of fused-ring (bicyclic) bond motifs is 3. The van der Waals surface area contributed by atoms with Crippen LogP contribution >= 0.6 is 0 Å². The summed E-state index contributed by atoms with van der Waals surface area (Å²) in [4.78, 5) is 35.2. The van der Waals surface area contributed by atoms with Crippen molar-refractivity contribution in [3.8, 4) is 11.5 Å². The van der Waals surface area contributed by atoms with E-state index in [0.717, 1.165) is 33.5 Å². The first-order chi connectivity index (χ1) is 19.7. The second-order valence-corrected chi connectivity index (χ2v) is 10.3. The van der Waals surface area contributed by atoms with Gasteiger partial charge in [0.25, 0.3) is 5.91 Å². The van der Waals surface area contributed by atoms with E-state index in [-0.39, 0.29) is 36.7 Å². The molecule has 41 heavy (non-hydrogen) atoms. The molecule has 5 rings (SSSR count). The Morgan fingerprint density at radius 2 is 1.93 bits per heavy atom. The van der Waals surface area contributed by atoms with Crippen LogP contribution in [0.25, 0.3) is 0 Å². The van der Waals surface area contributed by atoms with Gasteiger partial charge in [-0.3, -0.25) is 9.69 Å². The fourth-order valence-electron chi connectivity index (χ4n) is 5.71. The van der Waals surface area contributed by atoms with Gasteiger partial charge in [-0.25, -0.2) is 9.79 Å². The molecule has 2 aromatic carbocycles. The molecule has 3 heterocycles. The van der Waals surface area contributed by atoms with Gasteiger partial charge in [-0.15, -0.1) is 10.2 Å². The van der Waals surface area contributed by atoms with Gasteiger partial charge in [0.2, 0.25) is 0 Å². The Balaban J connectivity index is 1.49. The molecule has 12 heteroatoms. The molecule has 3 aromatic rings. The number of carbonyl (C=O) groups excluding carboxylic acids is 2. The fraction of sp³-hybridized carbons (Fsp3) is 0.414. The average molecular weight is 561 g/mol. The van der Waals surface area contributed by atoms with Crippen molar-refractivity contribution in [2.75, 3.05) is 39.1 Å². The summed E-state index contributed by atoms with van der Waals surface area (Å²) in [6.45, 7) is 9.55. The summed E-state index contributed by atoms with van der Waals surface area (Å²) in [6.07, 6.45) is 1.20. The third-order valence-electron chi connectivity index (χ3n) is 7.53. The summed E-state index contributed by atoms with van der Waals surface area (Å²) in [5, 5.41) is 12.6. The number of aliphatic imine (C=N–C) groups is 1. The van der Waals surface area contributed by atoms with Crippen LogP contribution in [0.1, 0.15) is 57.7 Å². The largest absolute Gasteiger partial charge is 0.493 e. The zero-order chi connectivity index (χ0) is 29.3. The number of H-pyrrole nitrogens is 1. The number of benzene rings is 2. The highest BCUT2D eigenvalue weighted by molar-refractivity contribution is 6.02. The number of methoxy groups -OCH3 is 1. The topological polar surface area (TPSA) is 151 Å². The molecule has 4 N–H and O–H groups in total. The molecule has 216 valence electrons. The molecule has 2 aliphatic heterocycles. The highest BCUT2D eigenvalue weighted by atomic mass is 16.5.